The molecule has 0 aliphatic carbocycles. The van der Waals surface area contributed by atoms with Gasteiger partial charge in [-0.2, -0.15) is 0 Å². The van der Waals surface area contributed by atoms with Crippen LogP contribution in [0.25, 0.3) is 0 Å². The fourth-order valence-corrected chi connectivity index (χ4v) is 3.46. The molecule has 3 nitrogen and oxygen atoms in total. The number of carbonyl (C=O) groups is 1. The number of hydrogen-bond acceptors (Lipinski definition) is 3. The van der Waals surface area contributed by atoms with E-state index in [2.05, 4.69) is 10.3 Å². The van der Waals surface area contributed by atoms with Gasteiger partial charge in [0.2, 0.25) is 5.91 Å². The smallest absolute Gasteiger partial charge is 0.234 e. The van der Waals surface area contributed by atoms with Gasteiger partial charge in [0.1, 0.15) is 0 Å². The van der Waals surface area contributed by atoms with Crippen LogP contribution < -0.4 is 5.32 Å². The lowest BCUT2D eigenvalue weighted by Crippen LogP contribution is -2.21. The number of benzene rings is 1. The maximum atomic E-state index is 12.3. The van der Waals surface area contributed by atoms with Crippen LogP contribution in [-0.2, 0) is 4.79 Å². The second-order valence-corrected chi connectivity index (χ2v) is 5.69. The summed E-state index contributed by atoms with van der Waals surface area (Å²) < 4.78 is 0. The Balaban J connectivity index is 1.81. The summed E-state index contributed by atoms with van der Waals surface area (Å²) in [5.74, 6) is 0.983. The molecule has 19 heavy (non-hydrogen) atoms. The maximum absolute atomic E-state index is 12.3. The summed E-state index contributed by atoms with van der Waals surface area (Å²) in [4.78, 5) is 17.6. The number of thioether (sulfide) groups is 1. The number of nitrogens with zero attached hydrogens (tertiary/aromatic N) is 1. The second kappa shape index (κ2) is 5.23. The topological polar surface area (TPSA) is 42.0 Å². The molecule has 1 atom stereocenters. The standard InChI is InChI=1S/C14H11ClN2OS/c15-11-5-3-7-16-13(11)17-14(18)10-8-19-12-6-2-1-4-9(10)12/h1-7,10H,8H2,(H,16,17,18). The number of hydrogen-bond donors (Lipinski definition) is 1. The van der Waals surface area contributed by atoms with Crippen LogP contribution in [0.2, 0.25) is 5.02 Å². The predicted octanol–water partition coefficient (Wildman–Crippen LogP) is 3.56. The number of rotatable bonds is 2. The lowest BCUT2D eigenvalue weighted by Gasteiger charge is -2.11. The molecule has 2 heterocycles. The number of halogens is 1. The quantitative estimate of drug-likeness (QED) is 0.919. The lowest BCUT2D eigenvalue weighted by molar-refractivity contribution is -0.117. The van der Waals surface area contributed by atoms with Crippen LogP contribution in [0.4, 0.5) is 5.82 Å². The Bertz CT molecular complexity index is 632. The highest BCUT2D eigenvalue weighted by atomic mass is 35.5. The summed E-state index contributed by atoms with van der Waals surface area (Å²) >= 11 is 7.70. The minimum absolute atomic E-state index is 0.0574. The SMILES string of the molecule is O=C(Nc1ncccc1Cl)C1CSc2ccccc21. The summed E-state index contributed by atoms with van der Waals surface area (Å²) in [6, 6.07) is 11.4. The molecule has 1 aromatic carbocycles. The molecule has 1 amide bonds. The van der Waals surface area contributed by atoms with Crippen molar-refractivity contribution in [3.8, 4) is 0 Å². The van der Waals surface area contributed by atoms with Crippen molar-refractivity contribution >= 4 is 35.1 Å². The van der Waals surface area contributed by atoms with Gasteiger partial charge in [-0.15, -0.1) is 11.8 Å². The van der Waals surface area contributed by atoms with Crippen molar-refractivity contribution in [3.05, 3.63) is 53.2 Å². The van der Waals surface area contributed by atoms with Crippen molar-refractivity contribution in [2.75, 3.05) is 11.1 Å². The third-order valence-electron chi connectivity index (χ3n) is 3.02. The van der Waals surface area contributed by atoms with E-state index < -0.39 is 0 Å². The highest BCUT2D eigenvalue weighted by Gasteiger charge is 2.29. The van der Waals surface area contributed by atoms with E-state index in [0.29, 0.717) is 10.8 Å². The van der Waals surface area contributed by atoms with Crippen LogP contribution in [0, 0.1) is 0 Å². The van der Waals surface area contributed by atoms with Gasteiger partial charge in [-0.3, -0.25) is 4.79 Å². The van der Waals surface area contributed by atoms with E-state index in [1.807, 2.05) is 24.3 Å². The molecule has 96 valence electrons. The van der Waals surface area contributed by atoms with Crippen molar-refractivity contribution in [2.45, 2.75) is 10.8 Å². The van der Waals surface area contributed by atoms with E-state index in [4.69, 9.17) is 11.6 Å². The van der Waals surface area contributed by atoms with E-state index in [9.17, 15) is 4.79 Å². The fraction of sp³-hybridized carbons (Fsp3) is 0.143. The summed E-state index contributed by atoms with van der Waals surface area (Å²) in [7, 11) is 0. The fourth-order valence-electron chi connectivity index (χ4n) is 2.06. The summed E-state index contributed by atoms with van der Waals surface area (Å²) in [6.45, 7) is 0. The van der Waals surface area contributed by atoms with Gasteiger partial charge < -0.3 is 5.32 Å². The van der Waals surface area contributed by atoms with E-state index in [1.54, 1.807) is 30.1 Å². The van der Waals surface area contributed by atoms with Gasteiger partial charge in [0, 0.05) is 16.8 Å². The molecule has 0 radical (unpaired) electrons. The number of fused-ring (bicyclic) bond motifs is 1. The Morgan fingerprint density at radius 3 is 3.00 bits per heavy atom. The second-order valence-electron chi connectivity index (χ2n) is 4.22. The highest BCUT2D eigenvalue weighted by Crippen LogP contribution is 2.39. The number of carbonyl (C=O) groups excluding carboxylic acids is 1. The van der Waals surface area contributed by atoms with Gasteiger partial charge >= 0.3 is 0 Å². The zero-order chi connectivity index (χ0) is 13.2. The molecule has 5 heteroatoms. The third-order valence-corrected chi connectivity index (χ3v) is 4.50. The van der Waals surface area contributed by atoms with Gasteiger partial charge in [0.05, 0.1) is 10.9 Å². The Labute approximate surface area is 120 Å². The van der Waals surface area contributed by atoms with Crippen molar-refractivity contribution in [1.82, 2.24) is 4.98 Å². The van der Waals surface area contributed by atoms with Crippen molar-refractivity contribution in [3.63, 3.8) is 0 Å². The summed E-state index contributed by atoms with van der Waals surface area (Å²) in [5.41, 5.74) is 1.08. The molecule has 0 saturated heterocycles. The van der Waals surface area contributed by atoms with E-state index in [0.717, 1.165) is 11.3 Å². The number of nitrogens with one attached hydrogen (secondary N) is 1. The number of pyridine rings is 1. The number of amides is 1. The van der Waals surface area contributed by atoms with Crippen LogP contribution in [0.1, 0.15) is 11.5 Å². The highest BCUT2D eigenvalue weighted by molar-refractivity contribution is 7.99. The van der Waals surface area contributed by atoms with Crippen molar-refractivity contribution in [2.24, 2.45) is 0 Å². The molecule has 1 aliphatic heterocycles. The summed E-state index contributed by atoms with van der Waals surface area (Å²) in [5, 5.41) is 3.25. The van der Waals surface area contributed by atoms with E-state index in [-0.39, 0.29) is 11.8 Å². The van der Waals surface area contributed by atoms with E-state index in [1.165, 1.54) is 4.90 Å². The minimum atomic E-state index is -0.140. The largest absolute Gasteiger partial charge is 0.309 e. The van der Waals surface area contributed by atoms with Crippen LogP contribution in [-0.4, -0.2) is 16.6 Å². The lowest BCUT2D eigenvalue weighted by atomic mass is 10.0. The van der Waals surface area contributed by atoms with Crippen LogP contribution in [0.15, 0.2) is 47.5 Å². The van der Waals surface area contributed by atoms with Crippen LogP contribution in [0.5, 0.6) is 0 Å². The molecule has 1 N–H and O–H groups in total. The van der Waals surface area contributed by atoms with Crippen LogP contribution in [0.3, 0.4) is 0 Å². The average Bonchev–Trinajstić information content (AvgIpc) is 2.85. The molecule has 2 aromatic rings. The maximum Gasteiger partial charge on any atom is 0.234 e. The van der Waals surface area contributed by atoms with Crippen molar-refractivity contribution in [1.29, 1.82) is 0 Å². The molecular formula is C14H11ClN2OS. The van der Waals surface area contributed by atoms with Crippen LogP contribution >= 0.6 is 23.4 Å². The first-order valence-electron chi connectivity index (χ1n) is 5.89. The first-order valence-corrected chi connectivity index (χ1v) is 7.25. The first kappa shape index (κ1) is 12.5. The van der Waals surface area contributed by atoms with Gasteiger partial charge in [-0.25, -0.2) is 4.98 Å². The molecular weight excluding hydrogens is 280 g/mol. The Kier molecular flexibility index (Phi) is 3.44. The molecule has 3 rings (SSSR count). The minimum Gasteiger partial charge on any atom is -0.309 e. The van der Waals surface area contributed by atoms with Gasteiger partial charge in [0.25, 0.3) is 0 Å². The first-order chi connectivity index (χ1) is 9.25. The molecule has 1 aliphatic rings. The van der Waals surface area contributed by atoms with Gasteiger partial charge in [0.15, 0.2) is 5.82 Å². The molecule has 0 fully saturated rings. The number of anilines is 1. The van der Waals surface area contributed by atoms with Crippen molar-refractivity contribution < 1.29 is 4.79 Å². The molecule has 0 saturated carbocycles. The molecule has 0 bridgehead atoms. The monoisotopic (exact) mass is 290 g/mol. The molecule has 1 unspecified atom stereocenters. The van der Waals surface area contributed by atoms with E-state index >= 15 is 0 Å². The summed E-state index contributed by atoms with van der Waals surface area (Å²) in [6.07, 6.45) is 1.61. The average molecular weight is 291 g/mol. The van der Waals surface area contributed by atoms with Gasteiger partial charge in [-0.05, 0) is 23.8 Å². The molecule has 1 aromatic heterocycles. The predicted molar refractivity (Wildman–Crippen MR) is 77.8 cm³/mol. The zero-order valence-corrected chi connectivity index (χ0v) is 11.5. The Hall–Kier alpha value is -1.52. The van der Waals surface area contributed by atoms with Gasteiger partial charge in [-0.1, -0.05) is 29.8 Å². The number of aromatic nitrogens is 1. The molecule has 0 spiro atoms. The Morgan fingerprint density at radius 2 is 2.16 bits per heavy atom. The Morgan fingerprint density at radius 1 is 1.32 bits per heavy atom. The normalized spacial score (nSPS) is 17.0. The third kappa shape index (κ3) is 2.46. The zero-order valence-electron chi connectivity index (χ0n) is 9.97.